The molecule has 19 heavy (non-hydrogen) atoms. The SMILES string of the molecule is CCNC(Cc1ccccc1C)C1CSCCN1C. The van der Waals surface area contributed by atoms with E-state index in [0.29, 0.717) is 12.1 Å². The number of nitrogens with one attached hydrogen (secondary N) is 1. The third-order valence-electron chi connectivity index (χ3n) is 4.07. The highest BCUT2D eigenvalue weighted by Crippen LogP contribution is 2.20. The second-order valence-electron chi connectivity index (χ2n) is 5.42. The zero-order chi connectivity index (χ0) is 13.7. The van der Waals surface area contributed by atoms with Crippen LogP contribution in [0.3, 0.4) is 0 Å². The highest BCUT2D eigenvalue weighted by molar-refractivity contribution is 7.99. The van der Waals surface area contributed by atoms with Crippen molar-refractivity contribution >= 4 is 11.8 Å². The summed E-state index contributed by atoms with van der Waals surface area (Å²) in [6.45, 7) is 6.69. The molecule has 1 fully saturated rings. The van der Waals surface area contributed by atoms with E-state index in [1.54, 1.807) is 0 Å². The molecule has 2 nitrogen and oxygen atoms in total. The van der Waals surface area contributed by atoms with Gasteiger partial charge in [-0.2, -0.15) is 11.8 Å². The van der Waals surface area contributed by atoms with Gasteiger partial charge in [0.05, 0.1) is 0 Å². The van der Waals surface area contributed by atoms with Crippen LogP contribution in [0.25, 0.3) is 0 Å². The Bertz CT molecular complexity index is 394. The maximum absolute atomic E-state index is 3.70. The summed E-state index contributed by atoms with van der Waals surface area (Å²) in [6, 6.07) is 9.99. The fraction of sp³-hybridized carbons (Fsp3) is 0.625. The van der Waals surface area contributed by atoms with Crippen LogP contribution in [0.15, 0.2) is 24.3 Å². The molecule has 0 spiro atoms. The van der Waals surface area contributed by atoms with Crippen LogP contribution in [0, 0.1) is 6.92 Å². The maximum atomic E-state index is 3.70. The number of nitrogens with zero attached hydrogens (tertiary/aromatic N) is 1. The van der Waals surface area contributed by atoms with Gasteiger partial charge in [-0.1, -0.05) is 31.2 Å². The first kappa shape index (κ1) is 14.9. The lowest BCUT2D eigenvalue weighted by Gasteiger charge is -2.38. The molecule has 0 aliphatic carbocycles. The second-order valence-corrected chi connectivity index (χ2v) is 6.57. The normalized spacial score (nSPS) is 22.4. The highest BCUT2D eigenvalue weighted by Gasteiger charge is 2.27. The van der Waals surface area contributed by atoms with Crippen LogP contribution in [0.4, 0.5) is 0 Å². The summed E-state index contributed by atoms with van der Waals surface area (Å²) in [6.07, 6.45) is 1.14. The summed E-state index contributed by atoms with van der Waals surface area (Å²) >= 11 is 2.09. The van der Waals surface area contributed by atoms with E-state index in [2.05, 4.69) is 67.1 Å². The average Bonchev–Trinajstić information content (AvgIpc) is 2.41. The van der Waals surface area contributed by atoms with E-state index in [1.807, 2.05) is 0 Å². The number of aryl methyl sites for hydroxylation is 1. The van der Waals surface area contributed by atoms with Crippen molar-refractivity contribution < 1.29 is 0 Å². The van der Waals surface area contributed by atoms with Crippen molar-refractivity contribution in [2.24, 2.45) is 0 Å². The van der Waals surface area contributed by atoms with E-state index in [1.165, 1.54) is 29.2 Å². The lowest BCUT2D eigenvalue weighted by Crippen LogP contribution is -2.53. The van der Waals surface area contributed by atoms with E-state index in [0.717, 1.165) is 13.0 Å². The Morgan fingerprint density at radius 3 is 2.89 bits per heavy atom. The Kier molecular flexibility index (Phi) is 5.74. The number of rotatable bonds is 5. The Hall–Kier alpha value is -0.510. The van der Waals surface area contributed by atoms with Crippen molar-refractivity contribution in [2.75, 3.05) is 31.6 Å². The fourth-order valence-corrected chi connectivity index (χ4v) is 4.12. The van der Waals surface area contributed by atoms with Gasteiger partial charge in [0.25, 0.3) is 0 Å². The van der Waals surface area contributed by atoms with Gasteiger partial charge in [-0.25, -0.2) is 0 Å². The Morgan fingerprint density at radius 1 is 1.42 bits per heavy atom. The van der Waals surface area contributed by atoms with E-state index in [-0.39, 0.29) is 0 Å². The van der Waals surface area contributed by atoms with Gasteiger partial charge in [-0.3, -0.25) is 0 Å². The topological polar surface area (TPSA) is 15.3 Å². The monoisotopic (exact) mass is 278 g/mol. The predicted molar refractivity (Wildman–Crippen MR) is 86.1 cm³/mol. The van der Waals surface area contributed by atoms with Crippen molar-refractivity contribution in [3.8, 4) is 0 Å². The van der Waals surface area contributed by atoms with Gasteiger partial charge in [-0.15, -0.1) is 0 Å². The molecule has 1 saturated heterocycles. The number of benzene rings is 1. The van der Waals surface area contributed by atoms with Crippen LogP contribution >= 0.6 is 11.8 Å². The Labute approximate surface area is 122 Å². The van der Waals surface area contributed by atoms with Gasteiger partial charge in [0.2, 0.25) is 0 Å². The molecular weight excluding hydrogens is 252 g/mol. The molecule has 1 aliphatic heterocycles. The first-order chi connectivity index (χ1) is 9.22. The molecule has 1 N–H and O–H groups in total. The largest absolute Gasteiger partial charge is 0.312 e. The molecule has 3 heteroatoms. The number of thioether (sulfide) groups is 1. The molecule has 0 saturated carbocycles. The molecular formula is C16H26N2S. The molecule has 2 rings (SSSR count). The first-order valence-corrected chi connectivity index (χ1v) is 8.43. The molecule has 1 aliphatic rings. The summed E-state index contributed by atoms with van der Waals surface area (Å²) < 4.78 is 0. The quantitative estimate of drug-likeness (QED) is 0.891. The van der Waals surface area contributed by atoms with Crippen LogP contribution in [-0.4, -0.2) is 48.6 Å². The van der Waals surface area contributed by atoms with E-state index >= 15 is 0 Å². The molecule has 1 aromatic rings. The Morgan fingerprint density at radius 2 is 2.21 bits per heavy atom. The molecule has 0 bridgehead atoms. The van der Waals surface area contributed by atoms with Gasteiger partial charge in [0.15, 0.2) is 0 Å². The van der Waals surface area contributed by atoms with Crippen molar-refractivity contribution in [2.45, 2.75) is 32.4 Å². The standard InChI is InChI=1S/C16H26N2S/c1-4-17-15(16-12-19-10-9-18(16)3)11-14-8-6-5-7-13(14)2/h5-8,15-17H,4,9-12H2,1-3H3. The lowest BCUT2D eigenvalue weighted by molar-refractivity contribution is 0.215. The zero-order valence-corrected chi connectivity index (χ0v) is 13.2. The fourth-order valence-electron chi connectivity index (χ4n) is 2.81. The number of hydrogen-bond acceptors (Lipinski definition) is 3. The number of likely N-dealkylation sites (N-methyl/N-ethyl adjacent to an activating group) is 2. The smallest absolute Gasteiger partial charge is 0.0340 e. The van der Waals surface area contributed by atoms with Gasteiger partial charge in [-0.05, 0) is 38.1 Å². The highest BCUT2D eigenvalue weighted by atomic mass is 32.2. The Balaban J connectivity index is 2.09. The summed E-state index contributed by atoms with van der Waals surface area (Å²) in [4.78, 5) is 2.53. The van der Waals surface area contributed by atoms with Crippen molar-refractivity contribution in [3.05, 3.63) is 35.4 Å². The first-order valence-electron chi connectivity index (χ1n) is 7.28. The van der Waals surface area contributed by atoms with Gasteiger partial charge in [0, 0.05) is 30.1 Å². The van der Waals surface area contributed by atoms with E-state index in [9.17, 15) is 0 Å². The van der Waals surface area contributed by atoms with Crippen LogP contribution in [0.1, 0.15) is 18.1 Å². The molecule has 2 unspecified atom stereocenters. The van der Waals surface area contributed by atoms with Crippen molar-refractivity contribution in [1.82, 2.24) is 10.2 Å². The number of hydrogen-bond donors (Lipinski definition) is 1. The molecule has 0 radical (unpaired) electrons. The van der Waals surface area contributed by atoms with Gasteiger partial charge >= 0.3 is 0 Å². The molecule has 0 aromatic heterocycles. The zero-order valence-electron chi connectivity index (χ0n) is 12.4. The molecule has 106 valence electrons. The van der Waals surface area contributed by atoms with Gasteiger partial charge < -0.3 is 10.2 Å². The molecule has 0 amide bonds. The predicted octanol–water partition coefficient (Wildman–Crippen LogP) is 2.56. The van der Waals surface area contributed by atoms with Crippen molar-refractivity contribution in [1.29, 1.82) is 0 Å². The summed E-state index contributed by atoms with van der Waals surface area (Å²) in [5.74, 6) is 2.52. The van der Waals surface area contributed by atoms with Crippen LogP contribution in [-0.2, 0) is 6.42 Å². The van der Waals surface area contributed by atoms with Crippen molar-refractivity contribution in [3.63, 3.8) is 0 Å². The minimum absolute atomic E-state index is 0.559. The van der Waals surface area contributed by atoms with Crippen LogP contribution in [0.2, 0.25) is 0 Å². The minimum atomic E-state index is 0.559. The lowest BCUT2D eigenvalue weighted by atomic mass is 9.96. The molecule has 1 aromatic carbocycles. The third kappa shape index (κ3) is 3.98. The van der Waals surface area contributed by atoms with Gasteiger partial charge in [0.1, 0.15) is 0 Å². The third-order valence-corrected chi connectivity index (χ3v) is 5.12. The van der Waals surface area contributed by atoms with Crippen LogP contribution in [0.5, 0.6) is 0 Å². The average molecular weight is 278 g/mol. The maximum Gasteiger partial charge on any atom is 0.0340 e. The summed E-state index contributed by atoms with van der Waals surface area (Å²) in [7, 11) is 2.27. The summed E-state index contributed by atoms with van der Waals surface area (Å²) in [5.41, 5.74) is 2.90. The van der Waals surface area contributed by atoms with E-state index < -0.39 is 0 Å². The molecule has 2 atom stereocenters. The van der Waals surface area contributed by atoms with Crippen LogP contribution < -0.4 is 5.32 Å². The van der Waals surface area contributed by atoms with E-state index in [4.69, 9.17) is 0 Å². The second kappa shape index (κ2) is 7.32. The minimum Gasteiger partial charge on any atom is -0.312 e. The molecule has 1 heterocycles. The summed E-state index contributed by atoms with van der Waals surface area (Å²) in [5, 5.41) is 3.70.